The minimum absolute atomic E-state index is 0.822. The van der Waals surface area contributed by atoms with E-state index in [0.717, 1.165) is 5.69 Å². The van der Waals surface area contributed by atoms with Gasteiger partial charge in [-0.2, -0.15) is 17.6 Å². The molecule has 0 aliphatic carbocycles. The molecule has 1 unspecified atom stereocenters. The van der Waals surface area contributed by atoms with Crippen LogP contribution in [0.5, 0.6) is 0 Å². The molecule has 1 rings (SSSR count). The van der Waals surface area contributed by atoms with E-state index in [-0.39, 0.29) is 0 Å². The molecule has 2 nitrogen and oxygen atoms in total. The SMILES string of the molecule is FCC(F)(OF)C(F)(F)F.Nc1ccccc1. The molecule has 0 aromatic heterocycles. The molecule has 0 saturated carbocycles. The van der Waals surface area contributed by atoms with Crippen LogP contribution in [0.4, 0.5) is 32.2 Å². The van der Waals surface area contributed by atoms with Crippen molar-refractivity contribution in [2.45, 2.75) is 12.0 Å². The quantitative estimate of drug-likeness (QED) is 0.654. The number of benzene rings is 1. The Balaban J connectivity index is 0.000000318. The first-order valence-corrected chi connectivity index (χ1v) is 4.18. The standard InChI is InChI=1S/C6H7N.C3H2F6O/c7-6-4-2-1-3-5-6;4-1-2(5,10-9)3(6,7)8/h1-5H,7H2;1H2. The maximum Gasteiger partial charge on any atom is 0.454 e. The maximum atomic E-state index is 11.7. The van der Waals surface area contributed by atoms with Crippen LogP contribution >= 0.6 is 0 Å². The number of halogens is 6. The van der Waals surface area contributed by atoms with Crippen molar-refractivity contribution in [1.82, 2.24) is 0 Å². The molecule has 0 bridgehead atoms. The van der Waals surface area contributed by atoms with E-state index >= 15 is 0 Å². The summed E-state index contributed by atoms with van der Waals surface area (Å²) in [6, 6.07) is 9.49. The topological polar surface area (TPSA) is 35.2 Å². The van der Waals surface area contributed by atoms with Gasteiger partial charge in [0.2, 0.25) is 0 Å². The van der Waals surface area contributed by atoms with Crippen LogP contribution < -0.4 is 5.73 Å². The molecule has 1 atom stereocenters. The summed E-state index contributed by atoms with van der Waals surface area (Å²) in [6.07, 6.45) is -5.68. The summed E-state index contributed by atoms with van der Waals surface area (Å²) in [4.78, 5) is 1.78. The van der Waals surface area contributed by atoms with Crippen LogP contribution in [0.15, 0.2) is 30.3 Å². The van der Waals surface area contributed by atoms with Gasteiger partial charge in [-0.25, -0.2) is 4.39 Å². The zero-order valence-corrected chi connectivity index (χ0v) is 8.35. The van der Waals surface area contributed by atoms with Crippen molar-refractivity contribution in [2.24, 2.45) is 0 Å². The number of nitrogens with two attached hydrogens (primary N) is 1. The largest absolute Gasteiger partial charge is 0.454 e. The van der Waals surface area contributed by atoms with Crippen LogP contribution in [0.1, 0.15) is 0 Å². The number of alkyl halides is 5. The Labute approximate surface area is 92.9 Å². The van der Waals surface area contributed by atoms with Gasteiger partial charge in [-0.3, -0.25) is 0 Å². The Morgan fingerprint density at radius 1 is 1.06 bits per heavy atom. The van der Waals surface area contributed by atoms with Gasteiger partial charge in [-0.15, -0.1) is 4.94 Å². The van der Waals surface area contributed by atoms with E-state index in [9.17, 15) is 26.5 Å². The van der Waals surface area contributed by atoms with Crippen LogP contribution in [0.25, 0.3) is 0 Å². The first-order valence-electron chi connectivity index (χ1n) is 4.18. The molecule has 0 saturated heterocycles. The fourth-order valence-electron chi connectivity index (χ4n) is 0.593. The molecule has 1 aromatic carbocycles. The van der Waals surface area contributed by atoms with Crippen molar-refractivity contribution in [2.75, 3.05) is 12.4 Å². The fraction of sp³-hybridized carbons (Fsp3) is 0.333. The van der Waals surface area contributed by atoms with Crippen LogP contribution in [-0.4, -0.2) is 18.7 Å². The van der Waals surface area contributed by atoms with Gasteiger partial charge in [-0.1, -0.05) is 18.2 Å². The van der Waals surface area contributed by atoms with Crippen LogP contribution in [0.3, 0.4) is 0 Å². The van der Waals surface area contributed by atoms with Crippen LogP contribution in [0, 0.1) is 0 Å². The molecule has 98 valence electrons. The summed E-state index contributed by atoms with van der Waals surface area (Å²) >= 11 is 0. The average Bonchev–Trinajstić information content (AvgIpc) is 2.28. The molecule has 0 spiro atoms. The Bertz CT molecular complexity index is 311. The van der Waals surface area contributed by atoms with Crippen LogP contribution in [0.2, 0.25) is 0 Å². The molecule has 2 N–H and O–H groups in total. The molecule has 0 amide bonds. The molecule has 17 heavy (non-hydrogen) atoms. The Kier molecular flexibility index (Phi) is 5.80. The lowest BCUT2D eigenvalue weighted by Gasteiger charge is -2.18. The number of rotatable bonds is 2. The Morgan fingerprint density at radius 2 is 1.53 bits per heavy atom. The first kappa shape index (κ1) is 15.6. The summed E-state index contributed by atoms with van der Waals surface area (Å²) in [5.74, 6) is -4.81. The van der Waals surface area contributed by atoms with Crippen molar-refractivity contribution in [3.05, 3.63) is 30.3 Å². The third-order valence-electron chi connectivity index (χ3n) is 1.52. The van der Waals surface area contributed by atoms with E-state index in [1.165, 1.54) is 0 Å². The van der Waals surface area contributed by atoms with Gasteiger partial charge in [0.15, 0.2) is 6.67 Å². The number of hydrogen-bond acceptors (Lipinski definition) is 2. The van der Waals surface area contributed by atoms with E-state index in [2.05, 4.69) is 0 Å². The van der Waals surface area contributed by atoms with Crippen molar-refractivity contribution in [3.8, 4) is 0 Å². The average molecular weight is 261 g/mol. The number of nitrogen functional groups attached to an aromatic ring is 1. The summed E-state index contributed by atoms with van der Waals surface area (Å²) in [5.41, 5.74) is 6.18. The van der Waals surface area contributed by atoms with Gasteiger partial charge in [-0.05, 0) is 16.7 Å². The highest BCUT2D eigenvalue weighted by atomic mass is 19.4. The zero-order valence-electron chi connectivity index (χ0n) is 8.35. The first-order chi connectivity index (χ1) is 7.77. The molecule has 0 aliphatic heterocycles. The number of para-hydroxylation sites is 1. The minimum atomic E-state index is -5.68. The third-order valence-corrected chi connectivity index (χ3v) is 1.52. The van der Waals surface area contributed by atoms with Crippen molar-refractivity contribution in [1.29, 1.82) is 0 Å². The van der Waals surface area contributed by atoms with Crippen LogP contribution in [-0.2, 0) is 4.94 Å². The molecule has 8 heteroatoms. The Morgan fingerprint density at radius 3 is 1.65 bits per heavy atom. The van der Waals surface area contributed by atoms with E-state index in [4.69, 9.17) is 5.73 Å². The fourth-order valence-corrected chi connectivity index (χ4v) is 0.593. The van der Waals surface area contributed by atoms with E-state index < -0.39 is 18.7 Å². The summed E-state index contributed by atoms with van der Waals surface area (Å²) in [5, 5.41) is 0. The monoisotopic (exact) mass is 261 g/mol. The van der Waals surface area contributed by atoms with E-state index in [1.54, 1.807) is 4.94 Å². The summed E-state index contributed by atoms with van der Waals surface area (Å²) in [7, 11) is 0. The van der Waals surface area contributed by atoms with Gasteiger partial charge < -0.3 is 5.73 Å². The lowest BCUT2D eigenvalue weighted by molar-refractivity contribution is -0.404. The van der Waals surface area contributed by atoms with Gasteiger partial charge in [0.25, 0.3) is 0 Å². The molecule has 0 radical (unpaired) electrons. The van der Waals surface area contributed by atoms with Crippen molar-refractivity contribution in [3.63, 3.8) is 0 Å². The predicted octanol–water partition coefficient (Wildman–Crippen LogP) is 3.35. The number of anilines is 1. The second kappa shape index (κ2) is 6.33. The normalized spacial score (nSPS) is 14.5. The third kappa shape index (κ3) is 4.94. The van der Waals surface area contributed by atoms with E-state index in [0.29, 0.717) is 0 Å². The lowest BCUT2D eigenvalue weighted by atomic mass is 10.3. The van der Waals surface area contributed by atoms with Gasteiger partial charge >= 0.3 is 12.0 Å². The molecule has 0 fully saturated rings. The second-order valence-corrected chi connectivity index (χ2v) is 2.85. The molecular weight excluding hydrogens is 252 g/mol. The van der Waals surface area contributed by atoms with Gasteiger partial charge in [0.1, 0.15) is 0 Å². The van der Waals surface area contributed by atoms with Gasteiger partial charge in [0, 0.05) is 5.69 Å². The molecule has 1 aromatic rings. The second-order valence-electron chi connectivity index (χ2n) is 2.85. The summed E-state index contributed by atoms with van der Waals surface area (Å²) < 4.78 is 66.8. The highest BCUT2D eigenvalue weighted by molar-refractivity contribution is 5.35. The van der Waals surface area contributed by atoms with Crippen molar-refractivity contribution < 1.29 is 31.4 Å². The number of hydrogen-bond donors (Lipinski definition) is 1. The molecule has 0 heterocycles. The smallest absolute Gasteiger partial charge is 0.399 e. The summed E-state index contributed by atoms with van der Waals surface area (Å²) in [6.45, 7) is -2.60. The minimum Gasteiger partial charge on any atom is -0.399 e. The Hall–Kier alpha value is -1.44. The van der Waals surface area contributed by atoms with Gasteiger partial charge in [0.05, 0.1) is 0 Å². The van der Waals surface area contributed by atoms with E-state index in [1.807, 2.05) is 30.3 Å². The predicted molar refractivity (Wildman–Crippen MR) is 48.9 cm³/mol. The highest BCUT2D eigenvalue weighted by Gasteiger charge is 2.59. The maximum absolute atomic E-state index is 11.7. The van der Waals surface area contributed by atoms with Crippen molar-refractivity contribution >= 4 is 5.69 Å². The molecular formula is C9H9F6NO. The lowest BCUT2D eigenvalue weighted by Crippen LogP contribution is -2.43. The molecule has 0 aliphatic rings. The highest BCUT2D eigenvalue weighted by Crippen LogP contribution is 2.35. The zero-order chi connectivity index (χ0) is 13.5.